The summed E-state index contributed by atoms with van der Waals surface area (Å²) in [6, 6.07) is 0. The van der Waals surface area contributed by atoms with Crippen molar-refractivity contribution in [3.8, 4) is 0 Å². The summed E-state index contributed by atoms with van der Waals surface area (Å²) < 4.78 is 13.1. The van der Waals surface area contributed by atoms with Gasteiger partial charge in [0, 0.05) is 22.7 Å². The van der Waals surface area contributed by atoms with Crippen molar-refractivity contribution in [3.05, 3.63) is 39.4 Å². The molecule has 1 saturated heterocycles. The highest BCUT2D eigenvalue weighted by Crippen LogP contribution is 2.46. The van der Waals surface area contributed by atoms with Gasteiger partial charge in [-0.25, -0.2) is 15.0 Å². The van der Waals surface area contributed by atoms with Crippen LogP contribution < -0.4 is 0 Å². The van der Waals surface area contributed by atoms with Crippen LogP contribution in [0.5, 0.6) is 0 Å². The summed E-state index contributed by atoms with van der Waals surface area (Å²) in [7, 11) is 0. The maximum Gasteiger partial charge on any atom is 0.302 e. The predicted octanol–water partition coefficient (Wildman–Crippen LogP) is 3.75. The zero-order chi connectivity index (χ0) is 20.4. The lowest BCUT2D eigenvalue weighted by molar-refractivity contribution is -0.146. The summed E-state index contributed by atoms with van der Waals surface area (Å²) in [5.74, 6) is -0.304. The van der Waals surface area contributed by atoms with E-state index < -0.39 is 6.23 Å². The second-order valence-electron chi connectivity index (χ2n) is 6.69. The van der Waals surface area contributed by atoms with Crippen LogP contribution in [0.1, 0.15) is 26.0 Å². The summed E-state index contributed by atoms with van der Waals surface area (Å²) in [6.45, 7) is 1.52. The van der Waals surface area contributed by atoms with Crippen LogP contribution in [0.25, 0.3) is 32.0 Å². The standard InChI is InChI=1S/C16H16N10O3/c1-8(27)28-6-11-9-4-2-3-5-10(9)15(29-11)26-7-19-12-13(22-24-17)20-16(23-25-18)21-14(12)26/h2-3,7,9-11,15H,4-6H2,1H3/t9-,10+,11+,15+/m0/s1. The number of carbonyl (C=O) groups is 1. The molecule has 2 aromatic heterocycles. The van der Waals surface area contributed by atoms with Gasteiger partial charge in [-0.05, 0) is 40.1 Å². The largest absolute Gasteiger partial charge is 0.463 e. The van der Waals surface area contributed by atoms with Crippen molar-refractivity contribution in [2.24, 2.45) is 22.1 Å². The van der Waals surface area contributed by atoms with Crippen LogP contribution in [-0.4, -0.2) is 38.2 Å². The van der Waals surface area contributed by atoms with E-state index in [1.807, 2.05) is 0 Å². The average molecular weight is 396 g/mol. The monoisotopic (exact) mass is 396 g/mol. The van der Waals surface area contributed by atoms with Crippen LogP contribution in [0.2, 0.25) is 0 Å². The molecule has 0 unspecified atom stereocenters. The van der Waals surface area contributed by atoms with E-state index in [4.69, 9.17) is 20.5 Å². The van der Waals surface area contributed by atoms with Crippen LogP contribution >= 0.6 is 0 Å². The molecule has 0 bridgehead atoms. The van der Waals surface area contributed by atoms with E-state index in [0.717, 1.165) is 12.8 Å². The molecule has 13 heteroatoms. The SMILES string of the molecule is CC(=O)OC[C@H]1O[C@@H](n2cnc3c(N=[N+]=[N-])nc(N=[N+]=[N-])nc32)[C@@H]2CC=CC[C@@H]21. The Morgan fingerprint density at radius 3 is 2.76 bits per heavy atom. The van der Waals surface area contributed by atoms with Crippen molar-refractivity contribution >= 4 is 28.9 Å². The van der Waals surface area contributed by atoms with Gasteiger partial charge in [-0.3, -0.25) is 9.36 Å². The molecule has 2 aromatic rings. The van der Waals surface area contributed by atoms with Crippen molar-refractivity contribution in [2.75, 3.05) is 6.61 Å². The molecule has 13 nitrogen and oxygen atoms in total. The van der Waals surface area contributed by atoms with E-state index in [-0.39, 0.29) is 47.8 Å². The fourth-order valence-corrected chi connectivity index (χ4v) is 3.90. The Morgan fingerprint density at radius 2 is 2.03 bits per heavy atom. The van der Waals surface area contributed by atoms with E-state index in [0.29, 0.717) is 5.65 Å². The van der Waals surface area contributed by atoms with E-state index in [9.17, 15) is 4.79 Å². The Balaban J connectivity index is 1.77. The number of ether oxygens (including phenoxy) is 2. The minimum Gasteiger partial charge on any atom is -0.463 e. The van der Waals surface area contributed by atoms with Crippen molar-refractivity contribution < 1.29 is 14.3 Å². The molecular weight excluding hydrogens is 380 g/mol. The maximum atomic E-state index is 11.2. The molecule has 148 valence electrons. The molecule has 0 spiro atoms. The number of esters is 1. The van der Waals surface area contributed by atoms with Crippen molar-refractivity contribution in [2.45, 2.75) is 32.1 Å². The molecule has 0 saturated carbocycles. The molecule has 29 heavy (non-hydrogen) atoms. The number of imidazole rings is 1. The molecule has 3 heterocycles. The van der Waals surface area contributed by atoms with Gasteiger partial charge in [-0.2, -0.15) is 0 Å². The molecule has 4 atom stereocenters. The van der Waals surface area contributed by atoms with Crippen molar-refractivity contribution in [1.82, 2.24) is 19.5 Å². The van der Waals surface area contributed by atoms with Gasteiger partial charge in [0.25, 0.3) is 0 Å². The van der Waals surface area contributed by atoms with Crippen LogP contribution in [0.4, 0.5) is 11.8 Å². The zero-order valence-corrected chi connectivity index (χ0v) is 15.4. The highest BCUT2D eigenvalue weighted by Gasteiger charge is 2.46. The maximum absolute atomic E-state index is 11.2. The molecule has 2 aliphatic rings. The Labute approximate surface area is 163 Å². The molecular formula is C16H16N10O3. The van der Waals surface area contributed by atoms with Gasteiger partial charge in [-0.1, -0.05) is 12.2 Å². The predicted molar refractivity (Wildman–Crippen MR) is 98.8 cm³/mol. The number of nitrogens with zero attached hydrogens (tertiary/aromatic N) is 10. The molecule has 0 aromatic carbocycles. The Morgan fingerprint density at radius 1 is 1.28 bits per heavy atom. The molecule has 1 aliphatic heterocycles. The van der Waals surface area contributed by atoms with Crippen LogP contribution in [0.3, 0.4) is 0 Å². The summed E-state index contributed by atoms with van der Waals surface area (Å²) in [4.78, 5) is 29.1. The van der Waals surface area contributed by atoms with Gasteiger partial charge in [0.1, 0.15) is 18.4 Å². The van der Waals surface area contributed by atoms with Gasteiger partial charge in [-0.15, -0.1) is 0 Å². The number of aromatic nitrogens is 4. The zero-order valence-electron chi connectivity index (χ0n) is 15.4. The van der Waals surface area contributed by atoms with Crippen LogP contribution in [-0.2, 0) is 14.3 Å². The quantitative estimate of drug-likeness (QED) is 0.244. The molecule has 1 aliphatic carbocycles. The minimum atomic E-state index is -0.428. The highest BCUT2D eigenvalue weighted by atomic mass is 16.6. The highest BCUT2D eigenvalue weighted by molar-refractivity contribution is 5.82. The first-order valence-electron chi connectivity index (χ1n) is 8.91. The van der Waals surface area contributed by atoms with Crippen molar-refractivity contribution in [1.29, 1.82) is 0 Å². The Bertz CT molecular complexity index is 1080. The summed E-state index contributed by atoms with van der Waals surface area (Å²) in [5.41, 5.74) is 18.1. The van der Waals surface area contributed by atoms with E-state index in [2.05, 4.69) is 47.2 Å². The third-order valence-electron chi connectivity index (χ3n) is 5.08. The lowest BCUT2D eigenvalue weighted by Crippen LogP contribution is -2.27. The van der Waals surface area contributed by atoms with E-state index in [1.54, 1.807) is 4.57 Å². The fraction of sp³-hybridized carbons (Fsp3) is 0.500. The third kappa shape index (κ3) is 3.45. The molecule has 0 amide bonds. The van der Waals surface area contributed by atoms with Crippen LogP contribution in [0, 0.1) is 11.8 Å². The molecule has 0 N–H and O–H groups in total. The molecule has 4 rings (SSSR count). The summed E-state index contributed by atoms with van der Waals surface area (Å²) in [6.07, 6.45) is 6.61. The van der Waals surface area contributed by atoms with Crippen LogP contribution in [0.15, 0.2) is 28.7 Å². The number of hydrogen-bond donors (Lipinski definition) is 0. The first kappa shape index (κ1) is 18.7. The number of rotatable bonds is 5. The van der Waals surface area contributed by atoms with Gasteiger partial charge >= 0.3 is 5.97 Å². The number of hydrogen-bond acceptors (Lipinski definition) is 8. The minimum absolute atomic E-state index is 0.0341. The lowest BCUT2D eigenvalue weighted by atomic mass is 9.81. The second kappa shape index (κ2) is 7.76. The van der Waals surface area contributed by atoms with Gasteiger partial charge in [0.15, 0.2) is 11.5 Å². The summed E-state index contributed by atoms with van der Waals surface area (Å²) in [5, 5.41) is 6.94. The first-order chi connectivity index (χ1) is 14.1. The van der Waals surface area contributed by atoms with Gasteiger partial charge in [0.2, 0.25) is 5.95 Å². The smallest absolute Gasteiger partial charge is 0.302 e. The number of fused-ring (bicyclic) bond motifs is 2. The fourth-order valence-electron chi connectivity index (χ4n) is 3.90. The lowest BCUT2D eigenvalue weighted by Gasteiger charge is -2.25. The number of allylic oxidation sites excluding steroid dienone is 2. The second-order valence-corrected chi connectivity index (χ2v) is 6.69. The number of azide groups is 2. The summed E-state index contributed by atoms with van der Waals surface area (Å²) >= 11 is 0. The number of carbonyl (C=O) groups excluding carboxylic acids is 1. The van der Waals surface area contributed by atoms with Gasteiger partial charge in [0.05, 0.1) is 12.4 Å². The Kier molecular flexibility index (Phi) is 5.00. The normalized spacial score (nSPS) is 25.1. The molecule has 1 fully saturated rings. The van der Waals surface area contributed by atoms with E-state index in [1.165, 1.54) is 13.3 Å². The first-order valence-corrected chi connectivity index (χ1v) is 8.91. The average Bonchev–Trinajstić information content (AvgIpc) is 3.28. The van der Waals surface area contributed by atoms with Gasteiger partial charge < -0.3 is 9.47 Å². The van der Waals surface area contributed by atoms with Crippen molar-refractivity contribution in [3.63, 3.8) is 0 Å². The topological polar surface area (TPSA) is 177 Å². The third-order valence-corrected chi connectivity index (χ3v) is 5.08. The van der Waals surface area contributed by atoms with E-state index >= 15 is 0 Å². The Hall–Kier alpha value is -3.66. The molecule has 0 radical (unpaired) electrons.